The Morgan fingerprint density at radius 3 is 2.63 bits per heavy atom. The summed E-state index contributed by atoms with van der Waals surface area (Å²) in [4.78, 5) is 39.4. The first-order valence-electron chi connectivity index (χ1n) is 8.32. The Balaban J connectivity index is 1.90. The molecule has 2 amide bonds. The van der Waals surface area contributed by atoms with Crippen molar-refractivity contribution in [1.82, 2.24) is 4.37 Å². The molecule has 2 aromatic rings. The third kappa shape index (κ3) is 3.14. The van der Waals surface area contributed by atoms with Crippen molar-refractivity contribution in [3.8, 4) is 0 Å². The summed E-state index contributed by atoms with van der Waals surface area (Å²) >= 11 is 0.992. The van der Waals surface area contributed by atoms with E-state index in [2.05, 4.69) is 9.69 Å². The molecule has 1 aliphatic rings. The van der Waals surface area contributed by atoms with Crippen LogP contribution in [0, 0.1) is 6.92 Å². The minimum atomic E-state index is -1.15. The second-order valence-electron chi connectivity index (χ2n) is 6.76. The van der Waals surface area contributed by atoms with E-state index in [1.807, 2.05) is 0 Å². The van der Waals surface area contributed by atoms with Crippen molar-refractivity contribution in [1.29, 1.82) is 0 Å². The van der Waals surface area contributed by atoms with E-state index in [1.54, 1.807) is 45.0 Å². The standard InChI is InChI=1S/C18H20N4O4S/c1-9-13(14(19)27-21-9)16(24)26-10(2)15(23)22-12-8-6-5-7-11(12)20-17(25)18(22,3)4/h5-8,10H,19H2,1-4H3,(H,20,25)/t10-/m1/s1. The van der Waals surface area contributed by atoms with E-state index in [9.17, 15) is 14.4 Å². The molecule has 1 aliphatic heterocycles. The van der Waals surface area contributed by atoms with E-state index in [0.29, 0.717) is 17.1 Å². The molecule has 2 heterocycles. The number of aryl methyl sites for hydroxylation is 1. The van der Waals surface area contributed by atoms with Crippen molar-refractivity contribution in [2.45, 2.75) is 39.3 Å². The Morgan fingerprint density at radius 1 is 1.33 bits per heavy atom. The van der Waals surface area contributed by atoms with Gasteiger partial charge in [-0.25, -0.2) is 4.79 Å². The average Bonchev–Trinajstić information content (AvgIpc) is 2.94. The van der Waals surface area contributed by atoms with Crippen LogP contribution in [0.3, 0.4) is 0 Å². The first kappa shape index (κ1) is 18.8. The Labute approximate surface area is 160 Å². The zero-order chi connectivity index (χ0) is 19.9. The summed E-state index contributed by atoms with van der Waals surface area (Å²) in [6.07, 6.45) is -1.12. The Bertz CT molecular complexity index is 918. The number of nitrogen functional groups attached to an aromatic ring is 1. The maximum Gasteiger partial charge on any atom is 0.343 e. The number of carbonyl (C=O) groups is 3. The number of nitrogens with zero attached hydrogens (tertiary/aromatic N) is 2. The number of ether oxygens (including phenoxy) is 1. The Hall–Kier alpha value is -2.94. The average molecular weight is 388 g/mol. The second-order valence-corrected chi connectivity index (χ2v) is 7.56. The van der Waals surface area contributed by atoms with E-state index in [0.717, 1.165) is 11.5 Å². The molecule has 0 aliphatic carbocycles. The maximum absolute atomic E-state index is 13.1. The third-order valence-corrected chi connectivity index (χ3v) is 5.22. The molecule has 0 saturated carbocycles. The molecule has 1 aromatic heterocycles. The number of esters is 1. The number of hydrogen-bond acceptors (Lipinski definition) is 7. The fourth-order valence-electron chi connectivity index (χ4n) is 2.93. The minimum absolute atomic E-state index is 0.163. The number of para-hydroxylation sites is 2. The third-order valence-electron chi connectivity index (χ3n) is 4.45. The van der Waals surface area contributed by atoms with Gasteiger partial charge in [0.2, 0.25) is 5.91 Å². The lowest BCUT2D eigenvalue weighted by atomic mass is 9.95. The molecule has 9 heteroatoms. The van der Waals surface area contributed by atoms with Crippen LogP contribution >= 0.6 is 11.5 Å². The van der Waals surface area contributed by atoms with Crippen molar-refractivity contribution in [3.63, 3.8) is 0 Å². The van der Waals surface area contributed by atoms with E-state index in [1.165, 1.54) is 11.8 Å². The minimum Gasteiger partial charge on any atom is -0.449 e. The van der Waals surface area contributed by atoms with Crippen LogP contribution < -0.4 is 16.0 Å². The predicted molar refractivity (Wildman–Crippen MR) is 103 cm³/mol. The number of aromatic nitrogens is 1. The molecule has 0 fully saturated rings. The second kappa shape index (κ2) is 6.66. The first-order chi connectivity index (χ1) is 12.6. The highest BCUT2D eigenvalue weighted by Gasteiger charge is 2.45. The molecule has 8 nitrogen and oxygen atoms in total. The van der Waals surface area contributed by atoms with E-state index < -0.39 is 23.5 Å². The van der Waals surface area contributed by atoms with Crippen LogP contribution in [0.25, 0.3) is 0 Å². The van der Waals surface area contributed by atoms with Gasteiger partial charge in [0.1, 0.15) is 16.1 Å². The molecule has 0 bridgehead atoms. The van der Waals surface area contributed by atoms with Crippen LogP contribution in [0.5, 0.6) is 0 Å². The number of hydrogen-bond donors (Lipinski definition) is 2. The zero-order valence-corrected chi connectivity index (χ0v) is 16.2. The van der Waals surface area contributed by atoms with E-state index >= 15 is 0 Å². The van der Waals surface area contributed by atoms with Gasteiger partial charge >= 0.3 is 5.97 Å². The highest BCUT2D eigenvalue weighted by atomic mass is 32.1. The topological polar surface area (TPSA) is 115 Å². The fraction of sp³-hybridized carbons (Fsp3) is 0.333. The highest BCUT2D eigenvalue weighted by Crippen LogP contribution is 2.37. The molecular formula is C18H20N4O4S. The Kier molecular flexibility index (Phi) is 4.64. The molecule has 0 spiro atoms. The van der Waals surface area contributed by atoms with Gasteiger partial charge in [-0.05, 0) is 51.4 Å². The van der Waals surface area contributed by atoms with E-state index in [4.69, 9.17) is 10.5 Å². The van der Waals surface area contributed by atoms with Gasteiger partial charge in [0.05, 0.1) is 17.1 Å². The predicted octanol–water partition coefficient (Wildman–Crippen LogP) is 2.34. The monoisotopic (exact) mass is 388 g/mol. The summed E-state index contributed by atoms with van der Waals surface area (Å²) in [6.45, 7) is 6.38. The number of nitrogens with one attached hydrogen (secondary N) is 1. The summed E-state index contributed by atoms with van der Waals surface area (Å²) in [5, 5.41) is 3.02. The SMILES string of the molecule is Cc1nsc(N)c1C(=O)O[C@H](C)C(=O)N1c2ccccc2NC(=O)C1(C)C. The normalized spacial score (nSPS) is 16.3. The smallest absolute Gasteiger partial charge is 0.343 e. The summed E-state index contributed by atoms with van der Waals surface area (Å²) in [6, 6.07) is 6.97. The number of fused-ring (bicyclic) bond motifs is 1. The van der Waals surface area contributed by atoms with Crippen molar-refractivity contribution in [2.75, 3.05) is 16.0 Å². The van der Waals surface area contributed by atoms with Gasteiger partial charge in [0.25, 0.3) is 5.91 Å². The van der Waals surface area contributed by atoms with Crippen molar-refractivity contribution in [3.05, 3.63) is 35.5 Å². The van der Waals surface area contributed by atoms with Gasteiger partial charge < -0.3 is 15.8 Å². The molecule has 27 heavy (non-hydrogen) atoms. The van der Waals surface area contributed by atoms with Gasteiger partial charge in [0.15, 0.2) is 6.10 Å². The molecular weight excluding hydrogens is 368 g/mol. The first-order valence-corrected chi connectivity index (χ1v) is 9.09. The number of carbonyl (C=O) groups excluding carboxylic acids is 3. The van der Waals surface area contributed by atoms with E-state index in [-0.39, 0.29) is 16.5 Å². The van der Waals surface area contributed by atoms with Crippen LogP contribution in [0.15, 0.2) is 24.3 Å². The summed E-state index contributed by atoms with van der Waals surface area (Å²) in [7, 11) is 0. The lowest BCUT2D eigenvalue weighted by Gasteiger charge is -2.42. The van der Waals surface area contributed by atoms with Gasteiger partial charge in [-0.1, -0.05) is 12.1 Å². The van der Waals surface area contributed by atoms with Crippen molar-refractivity contribution >= 4 is 45.7 Å². The summed E-state index contributed by atoms with van der Waals surface area (Å²) < 4.78 is 9.35. The van der Waals surface area contributed by atoms with Crippen molar-refractivity contribution < 1.29 is 19.1 Å². The zero-order valence-electron chi connectivity index (χ0n) is 15.4. The number of benzene rings is 1. The molecule has 3 N–H and O–H groups in total. The molecule has 0 unspecified atom stereocenters. The number of anilines is 3. The van der Waals surface area contributed by atoms with Crippen LogP contribution in [-0.2, 0) is 14.3 Å². The van der Waals surface area contributed by atoms with Crippen LogP contribution in [0.2, 0.25) is 0 Å². The molecule has 1 aromatic carbocycles. The van der Waals surface area contributed by atoms with Gasteiger partial charge in [-0.3, -0.25) is 14.5 Å². The van der Waals surface area contributed by atoms with Crippen LogP contribution in [0.4, 0.5) is 16.4 Å². The summed E-state index contributed by atoms with van der Waals surface area (Å²) in [5.41, 5.74) is 6.30. The lowest BCUT2D eigenvalue weighted by molar-refractivity contribution is -0.131. The number of rotatable bonds is 3. The molecule has 142 valence electrons. The van der Waals surface area contributed by atoms with Gasteiger partial charge in [-0.2, -0.15) is 4.37 Å². The fourth-order valence-corrected chi connectivity index (χ4v) is 3.58. The summed E-state index contributed by atoms with van der Waals surface area (Å²) in [5.74, 6) is -1.54. The maximum atomic E-state index is 13.1. The van der Waals surface area contributed by atoms with Crippen LogP contribution in [0.1, 0.15) is 36.8 Å². The van der Waals surface area contributed by atoms with Crippen molar-refractivity contribution in [2.24, 2.45) is 0 Å². The number of nitrogens with two attached hydrogens (primary N) is 1. The van der Waals surface area contributed by atoms with Gasteiger partial charge in [-0.15, -0.1) is 0 Å². The van der Waals surface area contributed by atoms with Crippen LogP contribution in [-0.4, -0.2) is 33.8 Å². The quantitative estimate of drug-likeness (QED) is 0.780. The molecule has 0 radical (unpaired) electrons. The molecule has 3 rings (SSSR count). The lowest BCUT2D eigenvalue weighted by Crippen LogP contribution is -2.60. The number of amides is 2. The van der Waals surface area contributed by atoms with Gasteiger partial charge in [0, 0.05) is 0 Å². The molecule has 1 atom stereocenters. The molecule has 0 saturated heterocycles. The highest BCUT2D eigenvalue weighted by molar-refractivity contribution is 7.10. The Morgan fingerprint density at radius 2 is 2.00 bits per heavy atom. The largest absolute Gasteiger partial charge is 0.449 e.